The predicted molar refractivity (Wildman–Crippen MR) is 99.4 cm³/mol. The summed E-state index contributed by atoms with van der Waals surface area (Å²) in [5.41, 5.74) is 2.31. The van der Waals surface area contributed by atoms with Crippen molar-refractivity contribution in [1.82, 2.24) is 0 Å². The predicted octanol–water partition coefficient (Wildman–Crippen LogP) is 3.47. The van der Waals surface area contributed by atoms with E-state index in [9.17, 15) is 9.59 Å². The quantitative estimate of drug-likeness (QED) is 0.596. The second kappa shape index (κ2) is 7.78. The molecular formula is C21H18O6. The van der Waals surface area contributed by atoms with Gasteiger partial charge in [-0.1, -0.05) is 12.1 Å². The molecule has 0 aliphatic carbocycles. The summed E-state index contributed by atoms with van der Waals surface area (Å²) in [4.78, 5) is 23.7. The van der Waals surface area contributed by atoms with Crippen molar-refractivity contribution in [3.8, 4) is 11.5 Å². The maximum absolute atomic E-state index is 12.2. The van der Waals surface area contributed by atoms with Crippen molar-refractivity contribution in [1.29, 1.82) is 0 Å². The minimum Gasteiger partial charge on any atom is -0.493 e. The number of cyclic esters (lactones) is 1. The minimum absolute atomic E-state index is 0.408. The molecule has 1 aliphatic heterocycles. The van der Waals surface area contributed by atoms with Gasteiger partial charge in [0.1, 0.15) is 5.76 Å². The molecule has 1 heterocycles. The van der Waals surface area contributed by atoms with E-state index >= 15 is 0 Å². The third kappa shape index (κ3) is 3.84. The summed E-state index contributed by atoms with van der Waals surface area (Å²) in [7, 11) is 4.42. The van der Waals surface area contributed by atoms with E-state index in [-0.39, 0.29) is 0 Å². The fourth-order valence-electron chi connectivity index (χ4n) is 2.63. The summed E-state index contributed by atoms with van der Waals surface area (Å²) in [6, 6.07) is 12.0. The topological polar surface area (TPSA) is 71.1 Å². The summed E-state index contributed by atoms with van der Waals surface area (Å²) < 4.78 is 20.5. The summed E-state index contributed by atoms with van der Waals surface area (Å²) >= 11 is 0. The molecule has 3 rings (SSSR count). The molecule has 0 saturated carbocycles. The minimum atomic E-state index is -0.447. The molecule has 0 saturated heterocycles. The monoisotopic (exact) mass is 366 g/mol. The molecule has 138 valence electrons. The Kier molecular flexibility index (Phi) is 5.26. The van der Waals surface area contributed by atoms with Crippen LogP contribution in [0.15, 0.2) is 54.1 Å². The molecule has 2 aromatic carbocycles. The molecule has 0 amide bonds. The van der Waals surface area contributed by atoms with Gasteiger partial charge in [-0.05, 0) is 48.0 Å². The highest BCUT2D eigenvalue weighted by molar-refractivity contribution is 6.05. The lowest BCUT2D eigenvalue weighted by molar-refractivity contribution is -0.130. The number of hydrogen-bond donors (Lipinski definition) is 0. The number of benzene rings is 2. The largest absolute Gasteiger partial charge is 0.493 e. The third-order valence-corrected chi connectivity index (χ3v) is 4.05. The van der Waals surface area contributed by atoms with Gasteiger partial charge < -0.3 is 18.9 Å². The van der Waals surface area contributed by atoms with Gasteiger partial charge in [-0.25, -0.2) is 9.59 Å². The van der Waals surface area contributed by atoms with Gasteiger partial charge in [0.05, 0.1) is 32.5 Å². The third-order valence-electron chi connectivity index (χ3n) is 4.05. The van der Waals surface area contributed by atoms with Gasteiger partial charge >= 0.3 is 11.9 Å². The van der Waals surface area contributed by atoms with Crippen molar-refractivity contribution in [2.75, 3.05) is 21.3 Å². The number of hydrogen-bond acceptors (Lipinski definition) is 6. The molecule has 6 nitrogen and oxygen atoms in total. The maximum Gasteiger partial charge on any atom is 0.343 e. The Bertz CT molecular complexity index is 938. The fraction of sp³-hybridized carbons (Fsp3) is 0.143. The Labute approximate surface area is 156 Å². The van der Waals surface area contributed by atoms with Crippen molar-refractivity contribution < 1.29 is 28.5 Å². The molecular weight excluding hydrogens is 348 g/mol. The molecule has 0 unspecified atom stereocenters. The number of carbonyl (C=O) groups excluding carboxylic acids is 2. The first-order chi connectivity index (χ1) is 13.0. The van der Waals surface area contributed by atoms with Crippen molar-refractivity contribution in [3.05, 3.63) is 70.8 Å². The number of methoxy groups -OCH3 is 3. The van der Waals surface area contributed by atoms with Crippen molar-refractivity contribution in [2.45, 2.75) is 0 Å². The van der Waals surface area contributed by atoms with E-state index in [4.69, 9.17) is 14.2 Å². The number of esters is 2. The maximum atomic E-state index is 12.2. The Hall–Kier alpha value is -3.54. The molecule has 0 bridgehead atoms. The zero-order chi connectivity index (χ0) is 19.4. The lowest BCUT2D eigenvalue weighted by Gasteiger charge is -2.09. The first-order valence-corrected chi connectivity index (χ1v) is 8.12. The van der Waals surface area contributed by atoms with Crippen LogP contribution in [-0.4, -0.2) is 33.3 Å². The van der Waals surface area contributed by atoms with Crippen molar-refractivity contribution in [2.24, 2.45) is 0 Å². The van der Waals surface area contributed by atoms with Crippen LogP contribution in [0.2, 0.25) is 0 Å². The van der Waals surface area contributed by atoms with E-state index < -0.39 is 11.9 Å². The van der Waals surface area contributed by atoms with Crippen molar-refractivity contribution >= 4 is 23.8 Å². The van der Waals surface area contributed by atoms with Crippen LogP contribution in [-0.2, 0) is 14.3 Å². The van der Waals surface area contributed by atoms with Gasteiger partial charge in [0.15, 0.2) is 11.5 Å². The molecule has 2 aromatic rings. The molecule has 0 aromatic heterocycles. The first kappa shape index (κ1) is 18.3. The van der Waals surface area contributed by atoms with Crippen LogP contribution < -0.4 is 9.47 Å². The van der Waals surface area contributed by atoms with E-state index in [1.165, 1.54) is 7.11 Å². The second-order valence-corrected chi connectivity index (χ2v) is 5.68. The highest BCUT2D eigenvalue weighted by Crippen LogP contribution is 2.34. The molecule has 0 atom stereocenters. The lowest BCUT2D eigenvalue weighted by Crippen LogP contribution is -2.00. The highest BCUT2D eigenvalue weighted by Gasteiger charge is 2.23. The van der Waals surface area contributed by atoms with E-state index in [1.54, 1.807) is 68.8 Å². The van der Waals surface area contributed by atoms with E-state index in [0.717, 1.165) is 5.56 Å². The number of rotatable bonds is 5. The molecule has 0 fully saturated rings. The zero-order valence-corrected chi connectivity index (χ0v) is 15.1. The number of carbonyl (C=O) groups is 2. The van der Waals surface area contributed by atoms with Crippen molar-refractivity contribution in [3.63, 3.8) is 0 Å². The summed E-state index contributed by atoms with van der Waals surface area (Å²) in [5, 5.41) is 0. The molecule has 27 heavy (non-hydrogen) atoms. The van der Waals surface area contributed by atoms with Crippen LogP contribution in [0.4, 0.5) is 0 Å². The van der Waals surface area contributed by atoms with E-state index in [0.29, 0.717) is 34.0 Å². The van der Waals surface area contributed by atoms with Crippen LogP contribution in [0.5, 0.6) is 11.5 Å². The van der Waals surface area contributed by atoms with Gasteiger partial charge in [-0.2, -0.15) is 0 Å². The molecule has 1 aliphatic rings. The summed E-state index contributed by atoms with van der Waals surface area (Å²) in [5.74, 6) is 0.704. The van der Waals surface area contributed by atoms with E-state index in [1.807, 2.05) is 0 Å². The molecule has 0 radical (unpaired) electrons. The molecule has 0 N–H and O–H groups in total. The second-order valence-electron chi connectivity index (χ2n) is 5.68. The zero-order valence-electron chi connectivity index (χ0n) is 15.1. The lowest BCUT2D eigenvalue weighted by atomic mass is 10.1. The average molecular weight is 366 g/mol. The smallest absolute Gasteiger partial charge is 0.343 e. The van der Waals surface area contributed by atoms with Crippen LogP contribution >= 0.6 is 0 Å². The Morgan fingerprint density at radius 2 is 1.67 bits per heavy atom. The van der Waals surface area contributed by atoms with Crippen LogP contribution in [0.3, 0.4) is 0 Å². The summed E-state index contributed by atoms with van der Waals surface area (Å²) in [6.07, 6.45) is 3.36. The Morgan fingerprint density at radius 1 is 0.963 bits per heavy atom. The Balaban J connectivity index is 1.88. The molecule has 6 heteroatoms. The normalized spacial score (nSPS) is 14.6. The first-order valence-electron chi connectivity index (χ1n) is 8.12. The van der Waals surface area contributed by atoms with E-state index in [2.05, 4.69) is 4.74 Å². The van der Waals surface area contributed by atoms with Crippen LogP contribution in [0, 0.1) is 0 Å². The Morgan fingerprint density at radius 3 is 2.30 bits per heavy atom. The van der Waals surface area contributed by atoms with Gasteiger partial charge in [0, 0.05) is 5.56 Å². The molecule has 0 spiro atoms. The van der Waals surface area contributed by atoms with Gasteiger partial charge in [-0.15, -0.1) is 0 Å². The number of ether oxygens (including phenoxy) is 4. The van der Waals surface area contributed by atoms with Gasteiger partial charge in [0.2, 0.25) is 0 Å². The fourth-order valence-corrected chi connectivity index (χ4v) is 2.63. The van der Waals surface area contributed by atoms with Crippen LogP contribution in [0.25, 0.3) is 11.8 Å². The summed E-state index contributed by atoms with van der Waals surface area (Å²) in [6.45, 7) is 0. The van der Waals surface area contributed by atoms with Crippen LogP contribution in [0.1, 0.15) is 21.5 Å². The SMILES string of the molecule is COC(=O)c1ccc(C=C2C=C(c3ccc(OC)c(OC)c3)OC2=O)cc1. The average Bonchev–Trinajstić information content (AvgIpc) is 3.07. The van der Waals surface area contributed by atoms with Gasteiger partial charge in [-0.3, -0.25) is 0 Å². The highest BCUT2D eigenvalue weighted by atomic mass is 16.5. The van der Waals surface area contributed by atoms with Gasteiger partial charge in [0.25, 0.3) is 0 Å². The standard InChI is InChI=1S/C21H18O6/c1-24-17-9-8-15(11-19(17)25-2)18-12-16(21(23)27-18)10-13-4-6-14(7-5-13)20(22)26-3/h4-12H,1-3H3.